The number of hydrogen-bond acceptors (Lipinski definition) is 5. The molecule has 9 heteroatoms. The lowest BCUT2D eigenvalue weighted by atomic mass is 9.81. The molecule has 2 aromatic rings. The molecule has 0 aromatic heterocycles. The summed E-state index contributed by atoms with van der Waals surface area (Å²) in [6.45, 7) is 4.04. The van der Waals surface area contributed by atoms with Crippen molar-refractivity contribution < 1.29 is 23.9 Å². The highest BCUT2D eigenvalue weighted by molar-refractivity contribution is 9.12. The molecule has 0 radical (unpaired) electrons. The van der Waals surface area contributed by atoms with Crippen LogP contribution < -0.4 is 9.64 Å². The lowest BCUT2D eigenvalue weighted by Crippen LogP contribution is -2.34. The van der Waals surface area contributed by atoms with Gasteiger partial charge >= 0.3 is 5.97 Å². The van der Waals surface area contributed by atoms with E-state index >= 15 is 0 Å². The van der Waals surface area contributed by atoms with Crippen LogP contribution in [-0.2, 0) is 19.2 Å². The van der Waals surface area contributed by atoms with E-state index in [2.05, 4.69) is 31.9 Å². The number of alkyl halides is 2. The van der Waals surface area contributed by atoms with E-state index in [1.807, 2.05) is 37.3 Å². The van der Waals surface area contributed by atoms with Gasteiger partial charge in [-0.15, -0.1) is 0 Å². The zero-order valence-corrected chi connectivity index (χ0v) is 23.8. The Kier molecular flexibility index (Phi) is 7.29. The van der Waals surface area contributed by atoms with Crippen molar-refractivity contribution in [2.75, 3.05) is 11.4 Å². The Morgan fingerprint density at radius 3 is 2.19 bits per heavy atom. The van der Waals surface area contributed by atoms with Crippen molar-refractivity contribution in [3.8, 4) is 5.75 Å². The molecule has 3 aliphatic rings. The number of nitrogens with zero attached hydrogens (tertiary/aromatic N) is 2. The monoisotopic (exact) mass is 630 g/mol. The minimum atomic E-state index is -0.557. The van der Waals surface area contributed by atoms with Crippen molar-refractivity contribution in [3.63, 3.8) is 0 Å². The van der Waals surface area contributed by atoms with Crippen LogP contribution in [0.2, 0.25) is 0 Å². The van der Waals surface area contributed by atoms with E-state index in [-0.39, 0.29) is 51.7 Å². The molecule has 7 nitrogen and oxygen atoms in total. The third-order valence-electron chi connectivity index (χ3n) is 7.78. The number of halogens is 2. The van der Waals surface area contributed by atoms with Crippen LogP contribution in [0, 0.1) is 24.7 Å². The van der Waals surface area contributed by atoms with Crippen molar-refractivity contribution >= 4 is 61.2 Å². The first-order chi connectivity index (χ1) is 17.7. The van der Waals surface area contributed by atoms with E-state index in [9.17, 15) is 19.2 Å². The number of carbonyl (C=O) groups is 4. The molecule has 194 valence electrons. The predicted molar refractivity (Wildman–Crippen MR) is 146 cm³/mol. The highest BCUT2D eigenvalue weighted by atomic mass is 79.9. The van der Waals surface area contributed by atoms with Crippen LogP contribution in [0.3, 0.4) is 0 Å². The molecule has 6 atom stereocenters. The van der Waals surface area contributed by atoms with Crippen LogP contribution in [0.15, 0.2) is 48.5 Å². The number of rotatable bonds is 5. The van der Waals surface area contributed by atoms with Gasteiger partial charge in [0.1, 0.15) is 5.75 Å². The number of benzene rings is 2. The van der Waals surface area contributed by atoms with Crippen LogP contribution >= 0.6 is 31.9 Å². The first-order valence-corrected chi connectivity index (χ1v) is 14.3. The number of esters is 1. The van der Waals surface area contributed by atoms with Gasteiger partial charge in [-0.3, -0.25) is 19.2 Å². The fourth-order valence-electron chi connectivity index (χ4n) is 5.65. The molecule has 1 saturated carbocycles. The lowest BCUT2D eigenvalue weighted by molar-refractivity contribution is -0.139. The van der Waals surface area contributed by atoms with Crippen molar-refractivity contribution in [2.45, 2.75) is 48.8 Å². The second-order valence-electron chi connectivity index (χ2n) is 10.1. The molecule has 0 N–H and O–H groups in total. The molecule has 2 aliphatic heterocycles. The summed E-state index contributed by atoms with van der Waals surface area (Å²) in [6, 6.07) is 14.5. The molecule has 5 rings (SSSR count). The van der Waals surface area contributed by atoms with Crippen LogP contribution in [0.25, 0.3) is 0 Å². The summed E-state index contributed by atoms with van der Waals surface area (Å²) < 4.78 is 5.64. The van der Waals surface area contributed by atoms with Gasteiger partial charge in [0, 0.05) is 22.6 Å². The van der Waals surface area contributed by atoms with Gasteiger partial charge in [0.15, 0.2) is 0 Å². The Labute approximate surface area is 232 Å². The normalized spacial score (nSPS) is 28.4. The van der Waals surface area contributed by atoms with Gasteiger partial charge in [0.25, 0.3) is 0 Å². The highest BCUT2D eigenvalue weighted by Gasteiger charge is 2.52. The number of fused-ring (bicyclic) bond motifs is 1. The van der Waals surface area contributed by atoms with Crippen molar-refractivity contribution in [1.29, 1.82) is 0 Å². The van der Waals surface area contributed by atoms with Crippen molar-refractivity contribution in [3.05, 3.63) is 59.7 Å². The average molecular weight is 632 g/mol. The van der Waals surface area contributed by atoms with Crippen LogP contribution in [-0.4, -0.2) is 44.8 Å². The molecule has 2 saturated heterocycles. The van der Waals surface area contributed by atoms with Crippen LogP contribution in [0.1, 0.15) is 43.4 Å². The summed E-state index contributed by atoms with van der Waals surface area (Å²) in [6.07, 6.45) is 1.32. The maximum atomic E-state index is 13.2. The molecule has 3 fully saturated rings. The van der Waals surface area contributed by atoms with E-state index in [1.54, 1.807) is 30.0 Å². The second-order valence-corrected chi connectivity index (χ2v) is 12.5. The maximum absolute atomic E-state index is 13.2. The van der Waals surface area contributed by atoms with Gasteiger partial charge in [-0.1, -0.05) is 62.2 Å². The van der Waals surface area contributed by atoms with E-state index in [0.29, 0.717) is 36.4 Å². The predicted octanol–water partition coefficient (Wildman–Crippen LogP) is 4.94. The number of imide groups is 1. The summed E-state index contributed by atoms with van der Waals surface area (Å²) in [7, 11) is 0. The smallest absolute Gasteiger partial charge is 0.316 e. The average Bonchev–Trinajstić information content (AvgIpc) is 3.37. The molecule has 1 aliphatic carbocycles. The standard InChI is InChI=1S/C28H28Br2N2O5/c1-15-10-19(8-9-24(15)32-26(34)20-12-22(29)23(30)13-21(20)27(32)35)37-28(36)18-11-25(33)31(14-18)16(2)17-6-4-3-5-7-17/h3-10,16,18,20-23H,11-14H2,1-2H3/t16-,18-,20-,21+,22+,23+/m1/s1. The van der Waals surface area contributed by atoms with Gasteiger partial charge < -0.3 is 9.64 Å². The van der Waals surface area contributed by atoms with Gasteiger partial charge in [-0.25, -0.2) is 4.90 Å². The lowest BCUT2D eigenvalue weighted by Gasteiger charge is -2.29. The minimum Gasteiger partial charge on any atom is -0.426 e. The SMILES string of the molecule is Cc1cc(OC(=O)[C@@H]2CC(=O)N([C@H](C)c3ccccc3)C2)ccc1N1C(=O)[C@H]2C[C@H](Br)[C@@H](Br)C[C@H]2C1=O. The molecule has 0 unspecified atom stereocenters. The van der Waals surface area contributed by atoms with Gasteiger partial charge in [0.2, 0.25) is 17.7 Å². The first-order valence-electron chi connectivity index (χ1n) is 12.5. The summed E-state index contributed by atoms with van der Waals surface area (Å²) in [5.41, 5.74) is 2.19. The number of amides is 3. The summed E-state index contributed by atoms with van der Waals surface area (Å²) >= 11 is 7.23. The summed E-state index contributed by atoms with van der Waals surface area (Å²) in [4.78, 5) is 55.2. The fraction of sp³-hybridized carbons (Fsp3) is 0.429. The Bertz CT molecular complexity index is 1220. The quantitative estimate of drug-likeness (QED) is 0.202. The third kappa shape index (κ3) is 4.88. The van der Waals surface area contributed by atoms with E-state index in [4.69, 9.17) is 4.74 Å². The van der Waals surface area contributed by atoms with Gasteiger partial charge in [-0.2, -0.15) is 0 Å². The summed E-state index contributed by atoms with van der Waals surface area (Å²) in [5, 5.41) is 0. The second kappa shape index (κ2) is 10.3. The Morgan fingerprint density at radius 2 is 1.59 bits per heavy atom. The maximum Gasteiger partial charge on any atom is 0.316 e. The Balaban J connectivity index is 1.26. The van der Waals surface area contributed by atoms with Crippen LogP contribution in [0.5, 0.6) is 5.75 Å². The minimum absolute atomic E-state index is 0.0752. The van der Waals surface area contributed by atoms with Crippen LogP contribution in [0.4, 0.5) is 5.69 Å². The van der Waals surface area contributed by atoms with Crippen molar-refractivity contribution in [1.82, 2.24) is 4.90 Å². The number of likely N-dealkylation sites (tertiary alicyclic amines) is 1. The molecule has 0 bridgehead atoms. The third-order valence-corrected chi connectivity index (χ3v) is 10.5. The van der Waals surface area contributed by atoms with E-state index in [1.165, 1.54) is 4.90 Å². The topological polar surface area (TPSA) is 84.0 Å². The molecule has 3 amide bonds. The van der Waals surface area contributed by atoms with Crippen molar-refractivity contribution in [2.24, 2.45) is 17.8 Å². The zero-order valence-electron chi connectivity index (χ0n) is 20.6. The summed E-state index contributed by atoms with van der Waals surface area (Å²) in [5.74, 6) is -1.79. The number of hydrogen-bond donors (Lipinski definition) is 0. The first kappa shape index (κ1) is 26.1. The fourth-order valence-corrected chi connectivity index (χ4v) is 6.89. The molecule has 2 aromatic carbocycles. The Hall–Kier alpha value is -2.52. The van der Waals surface area contributed by atoms with Gasteiger partial charge in [-0.05, 0) is 56.0 Å². The molecule has 0 spiro atoms. The number of carbonyl (C=O) groups excluding carboxylic acids is 4. The molecule has 37 heavy (non-hydrogen) atoms. The zero-order chi connectivity index (χ0) is 26.4. The number of aryl methyl sites for hydroxylation is 1. The van der Waals surface area contributed by atoms with E-state index in [0.717, 1.165) is 5.56 Å². The highest BCUT2D eigenvalue weighted by Crippen LogP contribution is 2.45. The largest absolute Gasteiger partial charge is 0.426 e. The number of anilines is 1. The number of ether oxygens (including phenoxy) is 1. The van der Waals surface area contributed by atoms with Gasteiger partial charge in [0.05, 0.1) is 29.5 Å². The van der Waals surface area contributed by atoms with E-state index < -0.39 is 11.9 Å². The molecule has 2 heterocycles. The molecular weight excluding hydrogens is 604 g/mol. The molecular formula is C28H28Br2N2O5. The Morgan fingerprint density at radius 1 is 0.973 bits per heavy atom.